The molecule has 0 saturated carbocycles. The quantitative estimate of drug-likeness (QED) is 0.770. The van der Waals surface area contributed by atoms with Gasteiger partial charge in [0.2, 0.25) is 5.91 Å². The minimum Gasteiger partial charge on any atom is -0.386 e. The van der Waals surface area contributed by atoms with Crippen LogP contribution in [0.5, 0.6) is 0 Å². The van der Waals surface area contributed by atoms with E-state index < -0.39 is 5.60 Å². The fourth-order valence-corrected chi connectivity index (χ4v) is 2.90. The Hall–Kier alpha value is -0.610. The van der Waals surface area contributed by atoms with Crippen LogP contribution in [0, 0.1) is 0 Å². The minimum absolute atomic E-state index is 0.0105. The summed E-state index contributed by atoms with van der Waals surface area (Å²) < 4.78 is 0. The summed E-state index contributed by atoms with van der Waals surface area (Å²) in [4.78, 5) is 14.0. The van der Waals surface area contributed by atoms with E-state index in [1.807, 2.05) is 0 Å². The molecule has 0 aromatic heterocycles. The summed E-state index contributed by atoms with van der Waals surface area (Å²) in [6.45, 7) is 4.06. The lowest BCUT2D eigenvalue weighted by Gasteiger charge is -2.47. The Labute approximate surface area is 103 Å². The van der Waals surface area contributed by atoms with Crippen LogP contribution in [0.25, 0.3) is 0 Å². The molecule has 0 aromatic rings. The molecular formula is C13H24N2O2. The first-order chi connectivity index (χ1) is 8.14. The number of nitrogens with one attached hydrogen (secondary N) is 1. The normalized spacial score (nSPS) is 28.4. The molecule has 2 N–H and O–H groups in total. The molecule has 2 aliphatic heterocycles. The molecule has 4 heteroatoms. The van der Waals surface area contributed by atoms with E-state index in [0.29, 0.717) is 13.1 Å². The van der Waals surface area contributed by atoms with Crippen molar-refractivity contribution in [2.75, 3.05) is 19.6 Å². The van der Waals surface area contributed by atoms with E-state index in [1.165, 1.54) is 12.8 Å². The Bertz CT molecular complexity index is 267. The molecule has 1 unspecified atom stereocenters. The minimum atomic E-state index is -0.602. The highest BCUT2D eigenvalue weighted by atomic mass is 16.3. The van der Waals surface area contributed by atoms with Gasteiger partial charge in [0, 0.05) is 0 Å². The van der Waals surface area contributed by atoms with E-state index in [0.717, 1.165) is 32.2 Å². The molecule has 1 amide bonds. The summed E-state index contributed by atoms with van der Waals surface area (Å²) in [7, 11) is 0. The molecule has 0 aromatic carbocycles. The summed E-state index contributed by atoms with van der Waals surface area (Å²) >= 11 is 0. The van der Waals surface area contributed by atoms with Crippen LogP contribution in [0.1, 0.15) is 45.4 Å². The first kappa shape index (κ1) is 12.8. The molecule has 1 atom stereocenters. The molecule has 2 fully saturated rings. The van der Waals surface area contributed by atoms with Crippen molar-refractivity contribution in [1.29, 1.82) is 0 Å². The van der Waals surface area contributed by atoms with Gasteiger partial charge in [-0.25, -0.2) is 0 Å². The van der Waals surface area contributed by atoms with Gasteiger partial charge in [-0.3, -0.25) is 4.79 Å². The lowest BCUT2D eigenvalue weighted by molar-refractivity contribution is -0.158. The van der Waals surface area contributed by atoms with Crippen molar-refractivity contribution >= 4 is 5.91 Å². The molecule has 98 valence electrons. The smallest absolute Gasteiger partial charge is 0.239 e. The molecule has 2 saturated heterocycles. The molecule has 2 rings (SSSR count). The molecule has 2 heterocycles. The van der Waals surface area contributed by atoms with Crippen LogP contribution in [0.2, 0.25) is 0 Å². The van der Waals surface area contributed by atoms with Crippen molar-refractivity contribution in [2.24, 2.45) is 0 Å². The largest absolute Gasteiger partial charge is 0.386 e. The second-order valence-corrected chi connectivity index (χ2v) is 5.52. The molecule has 0 bridgehead atoms. The molecule has 2 aliphatic rings. The van der Waals surface area contributed by atoms with E-state index in [1.54, 1.807) is 4.90 Å². The Morgan fingerprint density at radius 2 is 2.18 bits per heavy atom. The number of nitrogens with zero attached hydrogens (tertiary/aromatic N) is 1. The molecule has 17 heavy (non-hydrogen) atoms. The van der Waals surface area contributed by atoms with Gasteiger partial charge in [-0.2, -0.15) is 0 Å². The fourth-order valence-electron chi connectivity index (χ4n) is 2.90. The summed E-state index contributed by atoms with van der Waals surface area (Å²) in [6.07, 6.45) is 6.24. The first-order valence-electron chi connectivity index (χ1n) is 6.89. The highest BCUT2D eigenvalue weighted by Crippen LogP contribution is 2.27. The number of hydrogen-bond donors (Lipinski definition) is 2. The number of rotatable bonds is 3. The number of carbonyl (C=O) groups excluding carboxylic acids is 1. The number of likely N-dealkylation sites (tertiary alicyclic amines) is 1. The van der Waals surface area contributed by atoms with Crippen molar-refractivity contribution in [3.05, 3.63) is 0 Å². The maximum absolute atomic E-state index is 12.2. The Morgan fingerprint density at radius 3 is 2.88 bits per heavy atom. The second kappa shape index (κ2) is 5.36. The van der Waals surface area contributed by atoms with Crippen molar-refractivity contribution in [3.8, 4) is 0 Å². The van der Waals surface area contributed by atoms with Gasteiger partial charge in [0.05, 0.1) is 24.7 Å². The second-order valence-electron chi connectivity index (χ2n) is 5.52. The predicted molar refractivity (Wildman–Crippen MR) is 66.7 cm³/mol. The van der Waals surface area contributed by atoms with Crippen LogP contribution in [-0.2, 0) is 4.79 Å². The summed E-state index contributed by atoms with van der Waals surface area (Å²) in [5.74, 6) is 0.188. The van der Waals surface area contributed by atoms with E-state index in [2.05, 4.69) is 12.2 Å². The maximum Gasteiger partial charge on any atom is 0.239 e. The average Bonchev–Trinajstić information content (AvgIpc) is 2.53. The zero-order valence-corrected chi connectivity index (χ0v) is 10.7. The third-order valence-electron chi connectivity index (χ3n) is 3.86. The van der Waals surface area contributed by atoms with Gasteiger partial charge in [-0.05, 0) is 25.8 Å². The van der Waals surface area contributed by atoms with Crippen LogP contribution >= 0.6 is 0 Å². The Kier molecular flexibility index (Phi) is 4.05. The zero-order chi connectivity index (χ0) is 12.3. The third-order valence-corrected chi connectivity index (χ3v) is 3.86. The van der Waals surface area contributed by atoms with Crippen LogP contribution in [-0.4, -0.2) is 47.2 Å². The van der Waals surface area contributed by atoms with E-state index in [9.17, 15) is 9.90 Å². The van der Waals surface area contributed by atoms with E-state index >= 15 is 0 Å². The van der Waals surface area contributed by atoms with Gasteiger partial charge in [0.1, 0.15) is 0 Å². The van der Waals surface area contributed by atoms with Gasteiger partial charge < -0.3 is 15.3 Å². The summed E-state index contributed by atoms with van der Waals surface area (Å²) in [5, 5.41) is 13.4. The predicted octanol–water partition coefficient (Wildman–Crippen LogP) is 0.892. The van der Waals surface area contributed by atoms with Crippen LogP contribution < -0.4 is 5.32 Å². The van der Waals surface area contributed by atoms with Gasteiger partial charge >= 0.3 is 0 Å². The van der Waals surface area contributed by atoms with Crippen LogP contribution in [0.15, 0.2) is 0 Å². The summed E-state index contributed by atoms with van der Waals surface area (Å²) in [5.41, 5.74) is -0.602. The van der Waals surface area contributed by atoms with Gasteiger partial charge in [0.15, 0.2) is 0 Å². The molecular weight excluding hydrogens is 216 g/mol. The highest BCUT2D eigenvalue weighted by Gasteiger charge is 2.44. The molecule has 0 aliphatic carbocycles. The van der Waals surface area contributed by atoms with Crippen molar-refractivity contribution in [3.63, 3.8) is 0 Å². The van der Waals surface area contributed by atoms with Crippen molar-refractivity contribution < 1.29 is 9.90 Å². The third kappa shape index (κ3) is 2.99. The van der Waals surface area contributed by atoms with Crippen molar-refractivity contribution in [1.82, 2.24) is 10.2 Å². The SMILES string of the molecule is CCCC1(O)CN(C(=O)C2CCCCCN2)C1. The molecule has 4 nitrogen and oxygen atoms in total. The van der Waals surface area contributed by atoms with Crippen LogP contribution in [0.4, 0.5) is 0 Å². The standard InChI is InChI=1S/C13H24N2O2/c1-2-7-13(17)9-15(10-13)12(16)11-6-4-3-5-8-14-11/h11,14,17H,2-10H2,1H3. The van der Waals surface area contributed by atoms with Crippen molar-refractivity contribution in [2.45, 2.75) is 57.1 Å². The number of carbonyl (C=O) groups is 1. The number of amides is 1. The Morgan fingerprint density at radius 1 is 1.41 bits per heavy atom. The first-order valence-corrected chi connectivity index (χ1v) is 6.89. The van der Waals surface area contributed by atoms with Crippen LogP contribution in [0.3, 0.4) is 0 Å². The lowest BCUT2D eigenvalue weighted by atomic mass is 9.88. The summed E-state index contributed by atoms with van der Waals surface area (Å²) in [6, 6.07) is -0.0105. The zero-order valence-electron chi connectivity index (χ0n) is 10.7. The number of hydrogen-bond acceptors (Lipinski definition) is 3. The molecule has 0 radical (unpaired) electrons. The number of β-amino-alcohol motifs (C(OH)–C–C–N with tert-alkyl or cyclic N) is 1. The monoisotopic (exact) mass is 240 g/mol. The Balaban J connectivity index is 1.81. The van der Waals surface area contributed by atoms with E-state index in [4.69, 9.17) is 0 Å². The lowest BCUT2D eigenvalue weighted by Crippen LogP contribution is -2.66. The van der Waals surface area contributed by atoms with E-state index in [-0.39, 0.29) is 11.9 Å². The fraction of sp³-hybridized carbons (Fsp3) is 0.923. The molecule has 0 spiro atoms. The highest BCUT2D eigenvalue weighted by molar-refractivity contribution is 5.83. The number of aliphatic hydroxyl groups is 1. The van der Waals surface area contributed by atoms with Gasteiger partial charge in [-0.15, -0.1) is 0 Å². The van der Waals surface area contributed by atoms with Gasteiger partial charge in [0.25, 0.3) is 0 Å². The average molecular weight is 240 g/mol. The van der Waals surface area contributed by atoms with Gasteiger partial charge in [-0.1, -0.05) is 26.2 Å². The topological polar surface area (TPSA) is 52.6 Å². The maximum atomic E-state index is 12.2.